The van der Waals surface area contributed by atoms with E-state index in [0.29, 0.717) is 12.5 Å². The van der Waals surface area contributed by atoms with Gasteiger partial charge in [0.1, 0.15) is 5.82 Å². The molecule has 27 heavy (non-hydrogen) atoms. The SMILES string of the molecule is CCOC(CCNC(=NC)N(C)Cc1ncc(-c2ccccc2)[nH]1)C(C)C. The smallest absolute Gasteiger partial charge is 0.193 e. The fourth-order valence-electron chi connectivity index (χ4n) is 3.04. The number of imidazole rings is 1. The molecule has 0 aliphatic carbocycles. The first-order valence-corrected chi connectivity index (χ1v) is 9.67. The molecule has 6 nitrogen and oxygen atoms in total. The molecule has 1 unspecified atom stereocenters. The molecular formula is C21H33N5O. The minimum atomic E-state index is 0.268. The standard InChI is InChI=1S/C21H33N5O/c1-6-27-19(16(2)3)12-13-23-21(22-4)26(5)15-20-24-14-18(25-20)17-10-8-7-9-11-17/h7-11,14,16,19H,6,12-13,15H2,1-5H3,(H,22,23)(H,24,25). The molecule has 2 N–H and O–H groups in total. The molecule has 0 aliphatic heterocycles. The van der Waals surface area contributed by atoms with Crippen molar-refractivity contribution in [3.05, 3.63) is 42.4 Å². The van der Waals surface area contributed by atoms with Gasteiger partial charge in [-0.05, 0) is 24.8 Å². The number of aromatic nitrogens is 2. The molecule has 1 aromatic heterocycles. The Morgan fingerprint density at radius 1 is 1.30 bits per heavy atom. The van der Waals surface area contributed by atoms with Crippen LogP contribution in [0.4, 0.5) is 0 Å². The van der Waals surface area contributed by atoms with Crippen molar-refractivity contribution in [1.29, 1.82) is 0 Å². The van der Waals surface area contributed by atoms with Crippen molar-refractivity contribution < 1.29 is 4.74 Å². The molecule has 0 radical (unpaired) electrons. The maximum Gasteiger partial charge on any atom is 0.193 e. The molecule has 0 bridgehead atoms. The quantitative estimate of drug-likeness (QED) is 0.523. The summed E-state index contributed by atoms with van der Waals surface area (Å²) in [5.74, 6) is 2.27. The predicted octanol–water partition coefficient (Wildman–Crippen LogP) is 3.54. The highest BCUT2D eigenvalue weighted by atomic mass is 16.5. The second kappa shape index (κ2) is 10.7. The number of H-pyrrole nitrogens is 1. The number of guanidine groups is 1. The van der Waals surface area contributed by atoms with Crippen LogP contribution in [0.2, 0.25) is 0 Å². The fraction of sp³-hybridized carbons (Fsp3) is 0.524. The lowest BCUT2D eigenvalue weighted by Crippen LogP contribution is -2.40. The minimum absolute atomic E-state index is 0.268. The highest BCUT2D eigenvalue weighted by Gasteiger charge is 2.14. The van der Waals surface area contributed by atoms with Crippen molar-refractivity contribution in [2.24, 2.45) is 10.9 Å². The highest BCUT2D eigenvalue weighted by molar-refractivity contribution is 5.79. The Morgan fingerprint density at radius 3 is 2.67 bits per heavy atom. The van der Waals surface area contributed by atoms with Crippen LogP contribution in [0, 0.1) is 5.92 Å². The first-order valence-electron chi connectivity index (χ1n) is 9.67. The third kappa shape index (κ3) is 6.40. The summed E-state index contributed by atoms with van der Waals surface area (Å²) in [6, 6.07) is 10.2. The van der Waals surface area contributed by atoms with Crippen molar-refractivity contribution >= 4 is 5.96 Å². The first kappa shape index (κ1) is 21.0. The largest absolute Gasteiger partial charge is 0.378 e. The van der Waals surface area contributed by atoms with Crippen molar-refractivity contribution in [2.45, 2.75) is 39.8 Å². The number of aliphatic imine (C=N–C) groups is 1. The number of nitrogens with one attached hydrogen (secondary N) is 2. The molecule has 0 spiro atoms. The molecule has 6 heteroatoms. The number of nitrogens with zero attached hydrogens (tertiary/aromatic N) is 3. The van der Waals surface area contributed by atoms with E-state index >= 15 is 0 Å². The van der Waals surface area contributed by atoms with Crippen molar-refractivity contribution in [1.82, 2.24) is 20.2 Å². The van der Waals surface area contributed by atoms with Gasteiger partial charge in [-0.15, -0.1) is 0 Å². The van der Waals surface area contributed by atoms with E-state index < -0.39 is 0 Å². The third-order valence-corrected chi connectivity index (χ3v) is 4.51. The summed E-state index contributed by atoms with van der Waals surface area (Å²) in [5, 5.41) is 3.43. The average molecular weight is 372 g/mol. The number of hydrogen-bond donors (Lipinski definition) is 2. The summed E-state index contributed by atoms with van der Waals surface area (Å²) in [6.07, 6.45) is 3.10. The van der Waals surface area contributed by atoms with Crippen LogP contribution in [0.25, 0.3) is 11.3 Å². The Labute approximate surface area is 163 Å². The van der Waals surface area contributed by atoms with Gasteiger partial charge in [0.15, 0.2) is 5.96 Å². The summed E-state index contributed by atoms with van der Waals surface area (Å²) in [5.41, 5.74) is 2.16. The predicted molar refractivity (Wildman–Crippen MR) is 112 cm³/mol. The zero-order valence-corrected chi connectivity index (χ0v) is 17.2. The third-order valence-electron chi connectivity index (χ3n) is 4.51. The lowest BCUT2D eigenvalue weighted by molar-refractivity contribution is 0.0257. The molecule has 0 amide bonds. The highest BCUT2D eigenvalue weighted by Crippen LogP contribution is 2.16. The molecule has 0 fully saturated rings. The molecular weight excluding hydrogens is 338 g/mol. The van der Waals surface area contributed by atoms with E-state index in [-0.39, 0.29) is 6.10 Å². The zero-order valence-electron chi connectivity index (χ0n) is 17.2. The summed E-state index contributed by atoms with van der Waals surface area (Å²) < 4.78 is 5.81. The van der Waals surface area contributed by atoms with Gasteiger partial charge in [-0.3, -0.25) is 4.99 Å². The van der Waals surface area contributed by atoms with E-state index in [4.69, 9.17) is 4.74 Å². The molecule has 2 rings (SSSR count). The Balaban J connectivity index is 1.88. The van der Waals surface area contributed by atoms with Crippen molar-refractivity contribution in [3.63, 3.8) is 0 Å². The second-order valence-electron chi connectivity index (χ2n) is 6.97. The van der Waals surface area contributed by atoms with Gasteiger partial charge in [-0.1, -0.05) is 44.2 Å². The molecule has 1 atom stereocenters. The summed E-state index contributed by atoms with van der Waals surface area (Å²) in [4.78, 5) is 14.3. The number of aromatic amines is 1. The van der Waals surface area contributed by atoms with Crippen LogP contribution >= 0.6 is 0 Å². The van der Waals surface area contributed by atoms with Gasteiger partial charge < -0.3 is 19.9 Å². The second-order valence-corrected chi connectivity index (χ2v) is 6.97. The normalized spacial score (nSPS) is 13.0. The van der Waals surface area contributed by atoms with Crippen molar-refractivity contribution in [3.8, 4) is 11.3 Å². The van der Waals surface area contributed by atoms with E-state index in [1.807, 2.05) is 38.4 Å². The molecule has 148 valence electrons. The molecule has 2 aromatic rings. The molecule has 0 aliphatic rings. The van der Waals surface area contributed by atoms with Crippen LogP contribution in [-0.2, 0) is 11.3 Å². The van der Waals surface area contributed by atoms with Gasteiger partial charge in [0.25, 0.3) is 0 Å². The van der Waals surface area contributed by atoms with Crippen molar-refractivity contribution in [2.75, 3.05) is 27.2 Å². The number of hydrogen-bond acceptors (Lipinski definition) is 3. The maximum atomic E-state index is 5.81. The fourth-order valence-corrected chi connectivity index (χ4v) is 3.04. The van der Waals surface area contributed by atoms with E-state index in [2.05, 4.69) is 51.2 Å². The van der Waals surface area contributed by atoms with Crippen LogP contribution in [0.15, 0.2) is 41.5 Å². The van der Waals surface area contributed by atoms with E-state index in [0.717, 1.165) is 42.6 Å². The van der Waals surface area contributed by atoms with Gasteiger partial charge in [-0.25, -0.2) is 4.98 Å². The van der Waals surface area contributed by atoms with E-state index in [1.54, 1.807) is 7.05 Å². The number of ether oxygens (including phenoxy) is 1. The Morgan fingerprint density at radius 2 is 2.04 bits per heavy atom. The summed E-state index contributed by atoms with van der Waals surface area (Å²) in [7, 11) is 3.82. The monoisotopic (exact) mass is 371 g/mol. The minimum Gasteiger partial charge on any atom is -0.378 e. The van der Waals surface area contributed by atoms with Gasteiger partial charge in [0.2, 0.25) is 0 Å². The van der Waals surface area contributed by atoms with Gasteiger partial charge in [0, 0.05) is 27.2 Å². The molecule has 1 heterocycles. The average Bonchev–Trinajstić information content (AvgIpc) is 3.13. The topological polar surface area (TPSA) is 65.5 Å². The first-order chi connectivity index (χ1) is 13.0. The van der Waals surface area contributed by atoms with Gasteiger partial charge in [0.05, 0.1) is 24.5 Å². The molecule has 1 aromatic carbocycles. The van der Waals surface area contributed by atoms with E-state index in [9.17, 15) is 0 Å². The lowest BCUT2D eigenvalue weighted by Gasteiger charge is -2.24. The summed E-state index contributed by atoms with van der Waals surface area (Å²) in [6.45, 7) is 8.67. The van der Waals surface area contributed by atoms with Crippen LogP contribution in [0.3, 0.4) is 0 Å². The van der Waals surface area contributed by atoms with Crippen LogP contribution in [0.1, 0.15) is 33.0 Å². The van der Waals surface area contributed by atoms with Crippen LogP contribution in [-0.4, -0.2) is 54.2 Å². The summed E-state index contributed by atoms with van der Waals surface area (Å²) >= 11 is 0. The van der Waals surface area contributed by atoms with Crippen LogP contribution < -0.4 is 5.32 Å². The van der Waals surface area contributed by atoms with Crippen LogP contribution in [0.5, 0.6) is 0 Å². The Bertz CT molecular complexity index is 696. The van der Waals surface area contributed by atoms with Gasteiger partial charge >= 0.3 is 0 Å². The molecule has 0 saturated heterocycles. The number of benzene rings is 1. The number of rotatable bonds is 9. The van der Waals surface area contributed by atoms with E-state index in [1.165, 1.54) is 0 Å². The zero-order chi connectivity index (χ0) is 19.6. The Hall–Kier alpha value is -2.34. The maximum absolute atomic E-state index is 5.81. The molecule has 0 saturated carbocycles. The Kier molecular flexibility index (Phi) is 8.33. The van der Waals surface area contributed by atoms with Gasteiger partial charge in [-0.2, -0.15) is 0 Å². The lowest BCUT2D eigenvalue weighted by atomic mass is 10.0.